The lowest BCUT2D eigenvalue weighted by Crippen LogP contribution is -2.25. The number of carbonyl (C=O) groups is 1. The van der Waals surface area contributed by atoms with Gasteiger partial charge in [-0.25, -0.2) is 0 Å². The number of hydrogen-bond acceptors (Lipinski definition) is 3. The minimum atomic E-state index is -0.0958. The molecule has 0 saturated carbocycles. The number of halogens is 2. The molecule has 3 rings (SSSR count). The van der Waals surface area contributed by atoms with Gasteiger partial charge in [0.05, 0.1) is 16.4 Å². The molecule has 5 nitrogen and oxygen atoms in total. The molecule has 1 N–H and O–H groups in total. The third-order valence-electron chi connectivity index (χ3n) is 4.56. The van der Waals surface area contributed by atoms with Crippen LogP contribution in [0.15, 0.2) is 48.5 Å². The van der Waals surface area contributed by atoms with Crippen molar-refractivity contribution in [2.24, 2.45) is 0 Å². The van der Waals surface area contributed by atoms with Crippen molar-refractivity contribution in [1.82, 2.24) is 15.1 Å². The van der Waals surface area contributed by atoms with Crippen molar-refractivity contribution >= 4 is 29.1 Å². The molecule has 0 saturated heterocycles. The van der Waals surface area contributed by atoms with E-state index in [2.05, 4.69) is 10.4 Å². The maximum Gasteiger partial charge on any atom is 0.251 e. The molecular formula is C22H23Cl2N3O2. The number of amides is 1. The van der Waals surface area contributed by atoms with Crippen molar-refractivity contribution in [1.29, 1.82) is 0 Å². The zero-order valence-corrected chi connectivity index (χ0v) is 17.9. The average molecular weight is 432 g/mol. The van der Waals surface area contributed by atoms with Gasteiger partial charge in [-0.1, -0.05) is 35.3 Å². The Morgan fingerprint density at radius 3 is 2.38 bits per heavy atom. The van der Waals surface area contributed by atoms with Crippen LogP contribution in [0.1, 0.15) is 33.7 Å². The Labute approximate surface area is 180 Å². The Hall–Kier alpha value is -2.50. The fourth-order valence-corrected chi connectivity index (χ4v) is 3.14. The Morgan fingerprint density at radius 1 is 1.07 bits per heavy atom. The van der Waals surface area contributed by atoms with Crippen LogP contribution in [0.4, 0.5) is 0 Å². The molecule has 0 spiro atoms. The fourth-order valence-electron chi connectivity index (χ4n) is 2.88. The van der Waals surface area contributed by atoms with Crippen LogP contribution in [-0.2, 0) is 13.2 Å². The van der Waals surface area contributed by atoms with E-state index in [9.17, 15) is 4.79 Å². The lowest BCUT2D eigenvalue weighted by molar-refractivity contribution is 0.0952. The van der Waals surface area contributed by atoms with E-state index in [-0.39, 0.29) is 5.91 Å². The van der Waals surface area contributed by atoms with E-state index in [1.807, 2.05) is 42.8 Å². The van der Waals surface area contributed by atoms with Crippen molar-refractivity contribution in [3.05, 3.63) is 81.1 Å². The van der Waals surface area contributed by atoms with E-state index in [1.165, 1.54) is 0 Å². The topological polar surface area (TPSA) is 56.2 Å². The van der Waals surface area contributed by atoms with Gasteiger partial charge in [-0.15, -0.1) is 0 Å². The van der Waals surface area contributed by atoms with Crippen molar-refractivity contribution in [3.8, 4) is 5.75 Å². The third-order valence-corrected chi connectivity index (χ3v) is 5.36. The van der Waals surface area contributed by atoms with Crippen LogP contribution in [0, 0.1) is 13.8 Å². The van der Waals surface area contributed by atoms with Crippen LogP contribution in [0.3, 0.4) is 0 Å². The highest BCUT2D eigenvalue weighted by atomic mass is 35.5. The van der Waals surface area contributed by atoms with E-state index in [1.54, 1.807) is 24.3 Å². The Morgan fingerprint density at radius 2 is 1.76 bits per heavy atom. The summed E-state index contributed by atoms with van der Waals surface area (Å²) in [6, 6.07) is 14.6. The van der Waals surface area contributed by atoms with Crippen LogP contribution in [0.25, 0.3) is 0 Å². The minimum Gasteiger partial charge on any atom is -0.489 e. The van der Waals surface area contributed by atoms with Gasteiger partial charge < -0.3 is 10.1 Å². The Balaban J connectivity index is 1.43. The number of rotatable bonds is 8. The molecule has 3 aromatic rings. The van der Waals surface area contributed by atoms with Gasteiger partial charge in [0.25, 0.3) is 5.91 Å². The standard InChI is InChI=1S/C22H23Cl2N3O2/c1-15-21(24)16(2)27(26-15)13-3-12-25-22(28)18-6-4-17(5-7-18)14-29-20-10-8-19(23)9-11-20/h4-11H,3,12-14H2,1-2H3,(H,25,28). The molecule has 2 aromatic carbocycles. The lowest BCUT2D eigenvalue weighted by atomic mass is 10.1. The molecule has 152 valence electrons. The van der Waals surface area contributed by atoms with Gasteiger partial charge in [-0.05, 0) is 62.2 Å². The van der Waals surface area contributed by atoms with Gasteiger partial charge in [0, 0.05) is 23.7 Å². The zero-order valence-electron chi connectivity index (χ0n) is 16.4. The molecule has 0 aliphatic rings. The number of hydrogen-bond donors (Lipinski definition) is 1. The molecule has 1 heterocycles. The summed E-state index contributed by atoms with van der Waals surface area (Å²) < 4.78 is 7.59. The second-order valence-corrected chi connectivity index (χ2v) is 7.57. The fraction of sp³-hybridized carbons (Fsp3) is 0.273. The highest BCUT2D eigenvalue weighted by molar-refractivity contribution is 6.31. The molecule has 0 fully saturated rings. The van der Waals surface area contributed by atoms with Crippen molar-refractivity contribution in [2.75, 3.05) is 6.54 Å². The van der Waals surface area contributed by atoms with Gasteiger partial charge in [0.1, 0.15) is 12.4 Å². The van der Waals surface area contributed by atoms with Gasteiger partial charge in [0.2, 0.25) is 0 Å². The number of benzene rings is 2. The van der Waals surface area contributed by atoms with Crippen molar-refractivity contribution in [2.45, 2.75) is 33.4 Å². The second kappa shape index (κ2) is 9.81. The average Bonchev–Trinajstić information content (AvgIpc) is 2.97. The first-order valence-electron chi connectivity index (χ1n) is 9.39. The van der Waals surface area contributed by atoms with Crippen molar-refractivity contribution < 1.29 is 9.53 Å². The van der Waals surface area contributed by atoms with Gasteiger partial charge in [-0.3, -0.25) is 9.48 Å². The van der Waals surface area contributed by atoms with Crippen LogP contribution in [0.5, 0.6) is 5.75 Å². The first-order chi connectivity index (χ1) is 13.9. The molecule has 0 unspecified atom stereocenters. The minimum absolute atomic E-state index is 0.0958. The number of carbonyl (C=O) groups excluding carboxylic acids is 1. The molecule has 1 amide bonds. The van der Waals surface area contributed by atoms with Gasteiger partial charge in [-0.2, -0.15) is 5.10 Å². The second-order valence-electron chi connectivity index (χ2n) is 6.76. The molecule has 0 aliphatic carbocycles. The molecule has 29 heavy (non-hydrogen) atoms. The monoisotopic (exact) mass is 431 g/mol. The molecule has 0 atom stereocenters. The van der Waals surface area contributed by atoms with Crippen LogP contribution in [0.2, 0.25) is 10.0 Å². The third kappa shape index (κ3) is 5.75. The van der Waals surface area contributed by atoms with E-state index in [4.69, 9.17) is 27.9 Å². The number of nitrogens with zero attached hydrogens (tertiary/aromatic N) is 2. The Kier molecular flexibility index (Phi) is 7.18. The summed E-state index contributed by atoms with van der Waals surface area (Å²) in [7, 11) is 0. The van der Waals surface area contributed by atoms with Crippen LogP contribution in [-0.4, -0.2) is 22.2 Å². The van der Waals surface area contributed by atoms with E-state index < -0.39 is 0 Å². The number of nitrogens with one attached hydrogen (secondary N) is 1. The highest BCUT2D eigenvalue weighted by Gasteiger charge is 2.09. The maximum atomic E-state index is 12.3. The lowest BCUT2D eigenvalue weighted by Gasteiger charge is -2.09. The molecule has 1 aromatic heterocycles. The van der Waals surface area contributed by atoms with Crippen LogP contribution >= 0.6 is 23.2 Å². The summed E-state index contributed by atoms with van der Waals surface area (Å²) in [4.78, 5) is 12.3. The first-order valence-corrected chi connectivity index (χ1v) is 10.1. The molecular weight excluding hydrogens is 409 g/mol. The summed E-state index contributed by atoms with van der Waals surface area (Å²) in [5.74, 6) is 0.654. The largest absolute Gasteiger partial charge is 0.489 e. The quantitative estimate of drug-likeness (QED) is 0.498. The first kappa shape index (κ1) is 21.2. The van der Waals surface area contributed by atoms with E-state index in [0.717, 1.165) is 29.1 Å². The van der Waals surface area contributed by atoms with Crippen LogP contribution < -0.4 is 10.1 Å². The summed E-state index contributed by atoms with van der Waals surface area (Å²) in [6.07, 6.45) is 0.775. The molecule has 7 heteroatoms. The molecule has 0 bridgehead atoms. The number of ether oxygens (including phenoxy) is 1. The van der Waals surface area contributed by atoms with Gasteiger partial charge >= 0.3 is 0 Å². The maximum absolute atomic E-state index is 12.3. The zero-order chi connectivity index (χ0) is 20.8. The summed E-state index contributed by atoms with van der Waals surface area (Å²) in [6.45, 7) is 5.53. The van der Waals surface area contributed by atoms with Crippen molar-refractivity contribution in [3.63, 3.8) is 0 Å². The predicted octanol–water partition coefficient (Wildman–Crippen LogP) is 5.21. The summed E-state index contributed by atoms with van der Waals surface area (Å²) in [5.41, 5.74) is 3.38. The molecule has 0 aliphatic heterocycles. The van der Waals surface area contributed by atoms with Gasteiger partial charge in [0.15, 0.2) is 0 Å². The normalized spacial score (nSPS) is 10.8. The SMILES string of the molecule is Cc1nn(CCCNC(=O)c2ccc(COc3ccc(Cl)cc3)cc2)c(C)c1Cl. The Bertz CT molecular complexity index is 967. The summed E-state index contributed by atoms with van der Waals surface area (Å²) >= 11 is 12.0. The highest BCUT2D eigenvalue weighted by Crippen LogP contribution is 2.19. The summed E-state index contributed by atoms with van der Waals surface area (Å²) in [5, 5.41) is 8.70. The van der Waals surface area contributed by atoms with E-state index >= 15 is 0 Å². The number of aromatic nitrogens is 2. The molecule has 0 radical (unpaired) electrons. The predicted molar refractivity (Wildman–Crippen MR) is 116 cm³/mol. The van der Waals surface area contributed by atoms with E-state index in [0.29, 0.717) is 35.3 Å². The smallest absolute Gasteiger partial charge is 0.251 e. The number of aryl methyl sites for hydroxylation is 2.